The van der Waals surface area contributed by atoms with Gasteiger partial charge in [-0.05, 0) is 37.1 Å². The van der Waals surface area contributed by atoms with Gasteiger partial charge in [-0.25, -0.2) is 0 Å². The van der Waals surface area contributed by atoms with Crippen molar-refractivity contribution in [3.8, 4) is 0 Å². The molecule has 0 fully saturated rings. The van der Waals surface area contributed by atoms with E-state index in [0.717, 1.165) is 23.2 Å². The number of hydrogen-bond acceptors (Lipinski definition) is 2. The highest BCUT2D eigenvalue weighted by Gasteiger charge is 2.16. The molecule has 2 aromatic rings. The smallest absolute Gasteiger partial charge is 0.253 e. The van der Waals surface area contributed by atoms with Crippen LogP contribution in [0.3, 0.4) is 0 Å². The summed E-state index contributed by atoms with van der Waals surface area (Å²) in [5.41, 5.74) is 2.79. The zero-order valence-corrected chi connectivity index (χ0v) is 11.6. The molecule has 4 heteroatoms. The van der Waals surface area contributed by atoms with Crippen LogP contribution in [0.4, 0.5) is 0 Å². The number of aromatic nitrogens is 2. The van der Waals surface area contributed by atoms with Gasteiger partial charge in [-0.15, -0.1) is 0 Å². The minimum atomic E-state index is -0.0261. The fourth-order valence-corrected chi connectivity index (χ4v) is 2.10. The van der Waals surface area contributed by atoms with E-state index in [-0.39, 0.29) is 11.9 Å². The summed E-state index contributed by atoms with van der Waals surface area (Å²) >= 11 is 0. The molecule has 2 aromatic heterocycles. The monoisotopic (exact) mass is 257 g/mol. The summed E-state index contributed by atoms with van der Waals surface area (Å²) in [7, 11) is 1.94. The summed E-state index contributed by atoms with van der Waals surface area (Å²) in [6.07, 6.45) is 6.25. The van der Waals surface area contributed by atoms with Crippen LogP contribution in [0.1, 0.15) is 41.0 Å². The lowest BCUT2D eigenvalue weighted by molar-refractivity contribution is 0.0935. The number of amides is 1. The van der Waals surface area contributed by atoms with E-state index in [4.69, 9.17) is 0 Å². The Hall–Kier alpha value is -2.10. The van der Waals surface area contributed by atoms with Crippen molar-refractivity contribution in [3.05, 3.63) is 53.6 Å². The van der Waals surface area contributed by atoms with Crippen LogP contribution >= 0.6 is 0 Å². The summed E-state index contributed by atoms with van der Waals surface area (Å²) in [6.45, 7) is 4.01. The summed E-state index contributed by atoms with van der Waals surface area (Å²) in [5, 5.41) is 3.07. The first kappa shape index (κ1) is 13.3. The molecule has 1 N–H and O–H groups in total. The third-order valence-corrected chi connectivity index (χ3v) is 3.45. The Labute approximate surface area is 113 Å². The lowest BCUT2D eigenvalue weighted by atomic mass is 10.1. The Balaban J connectivity index is 2.15. The van der Waals surface area contributed by atoms with Gasteiger partial charge in [0.15, 0.2) is 0 Å². The molecule has 0 spiro atoms. The van der Waals surface area contributed by atoms with Crippen LogP contribution in [0.2, 0.25) is 0 Å². The zero-order chi connectivity index (χ0) is 13.8. The van der Waals surface area contributed by atoms with Gasteiger partial charge in [0.1, 0.15) is 0 Å². The zero-order valence-electron chi connectivity index (χ0n) is 11.6. The van der Waals surface area contributed by atoms with Crippen molar-refractivity contribution >= 4 is 5.91 Å². The van der Waals surface area contributed by atoms with Gasteiger partial charge in [-0.3, -0.25) is 9.78 Å². The molecule has 0 bridgehead atoms. The highest BCUT2D eigenvalue weighted by atomic mass is 16.1. The average Bonchev–Trinajstić information content (AvgIpc) is 2.77. The number of carbonyl (C=O) groups excluding carboxylic acids is 1. The minimum Gasteiger partial charge on any atom is -0.354 e. The highest BCUT2D eigenvalue weighted by Crippen LogP contribution is 2.17. The van der Waals surface area contributed by atoms with E-state index in [1.807, 2.05) is 42.9 Å². The Morgan fingerprint density at radius 1 is 1.37 bits per heavy atom. The van der Waals surface area contributed by atoms with Gasteiger partial charge in [0.2, 0.25) is 0 Å². The van der Waals surface area contributed by atoms with Gasteiger partial charge < -0.3 is 9.88 Å². The van der Waals surface area contributed by atoms with Gasteiger partial charge in [0.05, 0.1) is 11.6 Å². The number of pyridine rings is 1. The first-order valence-electron chi connectivity index (χ1n) is 6.46. The van der Waals surface area contributed by atoms with Crippen LogP contribution in [0.15, 0.2) is 36.8 Å². The Morgan fingerprint density at radius 2 is 2.05 bits per heavy atom. The van der Waals surface area contributed by atoms with Crippen LogP contribution in [0.5, 0.6) is 0 Å². The fourth-order valence-electron chi connectivity index (χ4n) is 2.10. The molecule has 0 saturated carbocycles. The molecule has 0 aliphatic heterocycles. The van der Waals surface area contributed by atoms with Crippen molar-refractivity contribution in [3.63, 3.8) is 0 Å². The molecule has 0 radical (unpaired) electrons. The van der Waals surface area contributed by atoms with Crippen LogP contribution in [0.25, 0.3) is 0 Å². The number of nitrogens with zero attached hydrogens (tertiary/aromatic N) is 2. The van der Waals surface area contributed by atoms with E-state index in [2.05, 4.69) is 17.2 Å². The molecule has 4 nitrogen and oxygen atoms in total. The van der Waals surface area contributed by atoms with Crippen molar-refractivity contribution in [2.75, 3.05) is 0 Å². The lowest BCUT2D eigenvalue weighted by Crippen LogP contribution is -2.28. The fraction of sp³-hybridized carbons (Fsp3) is 0.333. The second kappa shape index (κ2) is 5.69. The Morgan fingerprint density at radius 3 is 2.58 bits per heavy atom. The van der Waals surface area contributed by atoms with Crippen molar-refractivity contribution in [1.29, 1.82) is 0 Å². The van der Waals surface area contributed by atoms with E-state index in [9.17, 15) is 4.79 Å². The maximum absolute atomic E-state index is 12.3. The molecule has 1 atom stereocenters. The number of rotatable bonds is 4. The molecule has 1 amide bonds. The minimum absolute atomic E-state index is 0.0232. The molecule has 100 valence electrons. The Kier molecular flexibility index (Phi) is 4.00. The van der Waals surface area contributed by atoms with Crippen LogP contribution < -0.4 is 5.32 Å². The molecule has 0 aliphatic carbocycles. The molecule has 0 aromatic carbocycles. The van der Waals surface area contributed by atoms with Crippen LogP contribution in [0, 0.1) is 6.92 Å². The highest BCUT2D eigenvalue weighted by molar-refractivity contribution is 5.95. The predicted molar refractivity (Wildman–Crippen MR) is 74.9 cm³/mol. The summed E-state index contributed by atoms with van der Waals surface area (Å²) < 4.78 is 1.95. The molecule has 0 saturated heterocycles. The quantitative estimate of drug-likeness (QED) is 0.915. The molecule has 2 heterocycles. The topological polar surface area (TPSA) is 46.9 Å². The molecule has 19 heavy (non-hydrogen) atoms. The van der Waals surface area contributed by atoms with Crippen molar-refractivity contribution in [2.45, 2.75) is 26.3 Å². The largest absolute Gasteiger partial charge is 0.354 e. The number of nitrogens with one attached hydrogen (secondary N) is 1. The van der Waals surface area contributed by atoms with E-state index >= 15 is 0 Å². The normalized spacial score (nSPS) is 12.2. The Bertz CT molecular complexity index is 560. The first-order valence-corrected chi connectivity index (χ1v) is 6.46. The lowest BCUT2D eigenvalue weighted by Gasteiger charge is -2.17. The van der Waals surface area contributed by atoms with E-state index in [1.54, 1.807) is 12.4 Å². The molecular formula is C15H19N3O. The van der Waals surface area contributed by atoms with Crippen molar-refractivity contribution < 1.29 is 4.79 Å². The van der Waals surface area contributed by atoms with Gasteiger partial charge in [0.25, 0.3) is 5.91 Å². The van der Waals surface area contributed by atoms with Crippen molar-refractivity contribution in [2.24, 2.45) is 7.05 Å². The maximum Gasteiger partial charge on any atom is 0.253 e. The maximum atomic E-state index is 12.3. The standard InChI is InChI=1S/C15H19N3O/c1-4-14(12-5-8-16-9-6-12)17-15(19)13-7-10-18(3)11(13)2/h5-10,14H,4H2,1-3H3,(H,17,19)/t14-/m0/s1. The number of aryl methyl sites for hydroxylation is 1. The van der Waals surface area contributed by atoms with E-state index in [0.29, 0.717) is 0 Å². The third-order valence-electron chi connectivity index (χ3n) is 3.45. The third kappa shape index (κ3) is 2.84. The second-order valence-corrected chi connectivity index (χ2v) is 4.64. The molecular weight excluding hydrogens is 238 g/mol. The number of carbonyl (C=O) groups is 1. The van der Waals surface area contributed by atoms with Crippen LogP contribution in [-0.2, 0) is 7.05 Å². The van der Waals surface area contributed by atoms with Gasteiger partial charge in [-0.2, -0.15) is 0 Å². The van der Waals surface area contributed by atoms with Gasteiger partial charge in [-0.1, -0.05) is 6.92 Å². The van der Waals surface area contributed by atoms with Crippen molar-refractivity contribution in [1.82, 2.24) is 14.9 Å². The van der Waals surface area contributed by atoms with Gasteiger partial charge in [0, 0.05) is 31.3 Å². The average molecular weight is 257 g/mol. The summed E-state index contributed by atoms with van der Waals surface area (Å²) in [6, 6.07) is 5.75. The van der Waals surface area contributed by atoms with Gasteiger partial charge >= 0.3 is 0 Å². The summed E-state index contributed by atoms with van der Waals surface area (Å²) in [4.78, 5) is 16.3. The van der Waals surface area contributed by atoms with Crippen LogP contribution in [-0.4, -0.2) is 15.5 Å². The first-order chi connectivity index (χ1) is 9.13. The second-order valence-electron chi connectivity index (χ2n) is 4.64. The molecule has 0 unspecified atom stereocenters. The molecule has 2 rings (SSSR count). The number of hydrogen-bond donors (Lipinski definition) is 1. The molecule has 0 aliphatic rings. The predicted octanol–water partition coefficient (Wildman–Crippen LogP) is 2.61. The van der Waals surface area contributed by atoms with E-state index in [1.165, 1.54) is 0 Å². The van der Waals surface area contributed by atoms with E-state index < -0.39 is 0 Å². The SMILES string of the molecule is CC[C@H](NC(=O)c1ccn(C)c1C)c1ccncc1. The summed E-state index contributed by atoms with van der Waals surface area (Å²) in [5.74, 6) is -0.0261.